The molecule has 0 saturated heterocycles. The van der Waals surface area contributed by atoms with E-state index in [9.17, 15) is 20.2 Å². The molecule has 0 radical (unpaired) electrons. The maximum absolute atomic E-state index is 12.8. The molecule has 0 bridgehead atoms. The van der Waals surface area contributed by atoms with Crippen LogP contribution in [-0.4, -0.2) is 29.4 Å². The van der Waals surface area contributed by atoms with E-state index >= 15 is 0 Å². The van der Waals surface area contributed by atoms with Crippen LogP contribution in [0.25, 0.3) is 11.8 Å². The minimum atomic E-state index is -0.855. The van der Waals surface area contributed by atoms with Gasteiger partial charge in [-0.2, -0.15) is 5.26 Å². The molecular formula is C26H23N3O7. The number of aryl methyl sites for hydroxylation is 1. The van der Waals surface area contributed by atoms with E-state index < -0.39 is 10.9 Å². The van der Waals surface area contributed by atoms with E-state index in [-0.39, 0.29) is 31.3 Å². The first-order valence-corrected chi connectivity index (χ1v) is 11.0. The zero-order valence-corrected chi connectivity index (χ0v) is 19.9. The van der Waals surface area contributed by atoms with Gasteiger partial charge in [0.05, 0.1) is 24.3 Å². The van der Waals surface area contributed by atoms with Crippen LogP contribution in [0.15, 0.2) is 48.0 Å². The summed E-state index contributed by atoms with van der Waals surface area (Å²) in [5, 5.41) is 20.9. The van der Waals surface area contributed by atoms with Gasteiger partial charge in [-0.15, -0.1) is 0 Å². The maximum Gasteiger partial charge on any atom is 0.349 e. The number of non-ortho nitro benzene ring substituents is 1. The van der Waals surface area contributed by atoms with Crippen LogP contribution in [0.4, 0.5) is 5.69 Å². The topological polar surface area (TPSA) is 126 Å². The van der Waals surface area contributed by atoms with E-state index in [1.54, 1.807) is 7.11 Å². The van der Waals surface area contributed by atoms with E-state index in [4.69, 9.17) is 18.9 Å². The minimum Gasteiger partial charge on any atom is -0.495 e. The normalized spacial score (nSPS) is 12.8. The lowest BCUT2D eigenvalue weighted by Gasteiger charge is -2.20. The van der Waals surface area contributed by atoms with Crippen molar-refractivity contribution in [1.82, 2.24) is 4.57 Å². The molecule has 2 heterocycles. The van der Waals surface area contributed by atoms with Crippen LogP contribution in [0.3, 0.4) is 0 Å². The van der Waals surface area contributed by atoms with Gasteiger partial charge in [0.15, 0.2) is 6.79 Å². The Morgan fingerprint density at radius 2 is 2.06 bits per heavy atom. The summed E-state index contributed by atoms with van der Waals surface area (Å²) in [5.41, 5.74) is 3.61. The average Bonchev–Trinajstić information content (AvgIpc) is 3.17. The van der Waals surface area contributed by atoms with Crippen molar-refractivity contribution in [3.63, 3.8) is 0 Å². The van der Waals surface area contributed by atoms with Gasteiger partial charge in [0.2, 0.25) is 0 Å². The predicted octanol–water partition coefficient (Wildman–Crippen LogP) is 4.53. The number of hydrogen-bond acceptors (Lipinski definition) is 8. The molecule has 1 aromatic heterocycles. The number of nitro benzene ring substituents is 1. The molecule has 2 aromatic carbocycles. The second kappa shape index (κ2) is 10.3. The second-order valence-electron chi connectivity index (χ2n) is 8.04. The summed E-state index contributed by atoms with van der Waals surface area (Å²) in [7, 11) is 1.59. The fraction of sp³-hybridized carbons (Fsp3) is 0.231. The van der Waals surface area contributed by atoms with Gasteiger partial charge in [-0.1, -0.05) is 12.1 Å². The lowest BCUT2D eigenvalue weighted by atomic mass is 10.1. The van der Waals surface area contributed by atoms with Crippen LogP contribution < -0.4 is 9.47 Å². The molecule has 0 N–H and O–H groups in total. The highest BCUT2D eigenvalue weighted by Gasteiger charge is 2.23. The summed E-state index contributed by atoms with van der Waals surface area (Å²) in [6, 6.07) is 13.9. The highest BCUT2D eigenvalue weighted by atomic mass is 16.7. The Labute approximate surface area is 207 Å². The second-order valence-corrected chi connectivity index (χ2v) is 8.04. The predicted molar refractivity (Wildman–Crippen MR) is 129 cm³/mol. The summed E-state index contributed by atoms with van der Waals surface area (Å²) < 4.78 is 23.5. The third kappa shape index (κ3) is 4.78. The number of esters is 1. The van der Waals surface area contributed by atoms with Crippen molar-refractivity contribution in [3.05, 3.63) is 86.2 Å². The molecule has 0 saturated carbocycles. The molecule has 36 heavy (non-hydrogen) atoms. The number of fused-ring (bicyclic) bond motifs is 1. The van der Waals surface area contributed by atoms with E-state index in [1.807, 2.05) is 54.8 Å². The van der Waals surface area contributed by atoms with Crippen molar-refractivity contribution in [3.8, 4) is 23.3 Å². The number of nitrogens with zero attached hydrogens (tertiary/aromatic N) is 3. The Hall–Kier alpha value is -4.62. The van der Waals surface area contributed by atoms with Gasteiger partial charge < -0.3 is 23.5 Å². The van der Waals surface area contributed by atoms with Crippen molar-refractivity contribution in [2.45, 2.75) is 27.1 Å². The summed E-state index contributed by atoms with van der Waals surface area (Å²) in [4.78, 5) is 23.5. The van der Waals surface area contributed by atoms with Crippen molar-refractivity contribution in [1.29, 1.82) is 5.26 Å². The monoisotopic (exact) mass is 489 g/mol. The van der Waals surface area contributed by atoms with Crippen molar-refractivity contribution in [2.75, 3.05) is 13.9 Å². The number of carbonyl (C=O) groups is 1. The molecule has 4 rings (SSSR count). The van der Waals surface area contributed by atoms with E-state index in [0.717, 1.165) is 17.1 Å². The number of nitriles is 1. The highest BCUT2D eigenvalue weighted by Crippen LogP contribution is 2.33. The molecule has 1 aliphatic heterocycles. The molecule has 0 unspecified atom stereocenters. The van der Waals surface area contributed by atoms with Crippen LogP contribution in [0, 0.1) is 35.3 Å². The van der Waals surface area contributed by atoms with Crippen LogP contribution >= 0.6 is 0 Å². The Morgan fingerprint density at radius 3 is 2.78 bits per heavy atom. The minimum absolute atomic E-state index is 0.0169. The number of carbonyl (C=O) groups excluding carboxylic acids is 1. The van der Waals surface area contributed by atoms with Crippen molar-refractivity contribution in [2.24, 2.45) is 0 Å². The zero-order valence-electron chi connectivity index (χ0n) is 19.9. The van der Waals surface area contributed by atoms with Gasteiger partial charge >= 0.3 is 5.97 Å². The van der Waals surface area contributed by atoms with Gasteiger partial charge in [0.25, 0.3) is 5.69 Å². The number of hydrogen-bond donors (Lipinski definition) is 0. The smallest absolute Gasteiger partial charge is 0.349 e. The Bertz CT molecular complexity index is 1420. The SMILES string of the molecule is COc1ccccc1-n1c(C)cc(/C=C(\C#N)C(=O)OCc2cc([N+](=O)[O-])cc3c2OCOC3)c1C. The average molecular weight is 489 g/mol. The molecule has 10 nitrogen and oxygen atoms in total. The third-order valence-corrected chi connectivity index (χ3v) is 5.78. The lowest BCUT2D eigenvalue weighted by molar-refractivity contribution is -0.385. The third-order valence-electron chi connectivity index (χ3n) is 5.78. The fourth-order valence-corrected chi connectivity index (χ4v) is 4.13. The van der Waals surface area contributed by atoms with Crippen LogP contribution in [0.5, 0.6) is 11.5 Å². The van der Waals surface area contributed by atoms with Gasteiger partial charge in [-0.25, -0.2) is 4.79 Å². The van der Waals surface area contributed by atoms with Crippen molar-refractivity contribution >= 4 is 17.7 Å². The first-order valence-electron chi connectivity index (χ1n) is 11.0. The maximum atomic E-state index is 12.8. The first-order chi connectivity index (χ1) is 17.3. The molecule has 0 aliphatic carbocycles. The molecule has 1 aliphatic rings. The summed E-state index contributed by atoms with van der Waals surface area (Å²) in [6.45, 7) is 3.61. The molecule has 10 heteroatoms. The zero-order chi connectivity index (χ0) is 25.8. The van der Waals surface area contributed by atoms with Gasteiger partial charge in [-0.05, 0) is 43.7 Å². The Morgan fingerprint density at radius 1 is 1.28 bits per heavy atom. The fourth-order valence-electron chi connectivity index (χ4n) is 4.13. The van der Waals surface area contributed by atoms with Crippen LogP contribution in [0.1, 0.15) is 28.1 Å². The van der Waals surface area contributed by atoms with E-state index in [2.05, 4.69) is 0 Å². The number of para-hydroxylation sites is 2. The number of benzene rings is 2. The van der Waals surface area contributed by atoms with Gasteiger partial charge in [0.1, 0.15) is 29.7 Å². The van der Waals surface area contributed by atoms with Crippen LogP contribution in [-0.2, 0) is 27.5 Å². The molecule has 0 atom stereocenters. The number of rotatable bonds is 7. The molecule has 3 aromatic rings. The molecule has 0 amide bonds. The molecular weight excluding hydrogens is 466 g/mol. The quantitative estimate of drug-likeness (QED) is 0.156. The largest absolute Gasteiger partial charge is 0.495 e. The standard InChI is InChI=1S/C26H23N3O7/c1-16-8-18(17(2)28(16)23-6-4-5-7-24(23)33-3)9-19(12-27)26(30)35-14-21-11-22(29(31)32)10-20-13-34-15-36-25(20)21/h4-11H,13-15H2,1-3H3/b19-9+. The molecule has 184 valence electrons. The number of aromatic nitrogens is 1. The number of ether oxygens (including phenoxy) is 4. The van der Waals surface area contributed by atoms with E-state index in [1.165, 1.54) is 18.2 Å². The van der Waals surface area contributed by atoms with Gasteiger partial charge in [0, 0.05) is 34.6 Å². The van der Waals surface area contributed by atoms with Crippen molar-refractivity contribution < 1.29 is 28.7 Å². The Balaban J connectivity index is 1.60. The highest BCUT2D eigenvalue weighted by molar-refractivity contribution is 5.98. The molecule has 0 spiro atoms. The number of methoxy groups -OCH3 is 1. The summed E-state index contributed by atoms with van der Waals surface area (Å²) in [5.74, 6) is 0.206. The number of nitro groups is 1. The summed E-state index contributed by atoms with van der Waals surface area (Å²) >= 11 is 0. The Kier molecular flexibility index (Phi) is 7.03. The van der Waals surface area contributed by atoms with Crippen LogP contribution in [0.2, 0.25) is 0 Å². The summed E-state index contributed by atoms with van der Waals surface area (Å²) in [6.07, 6.45) is 1.46. The van der Waals surface area contributed by atoms with E-state index in [0.29, 0.717) is 28.2 Å². The van der Waals surface area contributed by atoms with Gasteiger partial charge in [-0.3, -0.25) is 10.1 Å². The first kappa shape index (κ1) is 24.5. The lowest BCUT2D eigenvalue weighted by Crippen LogP contribution is -2.15. The molecule has 0 fully saturated rings.